The van der Waals surface area contributed by atoms with Crippen LogP contribution in [0.5, 0.6) is 5.75 Å². The molecule has 0 bridgehead atoms. The molecule has 0 spiro atoms. The van der Waals surface area contributed by atoms with Crippen molar-refractivity contribution in [3.63, 3.8) is 0 Å². The first-order chi connectivity index (χ1) is 7.36. The molecule has 2 aliphatic rings. The quantitative estimate of drug-likeness (QED) is 0.749. The van der Waals surface area contributed by atoms with Crippen molar-refractivity contribution in [1.82, 2.24) is 5.32 Å². The van der Waals surface area contributed by atoms with Gasteiger partial charge in [-0.3, -0.25) is 4.99 Å². The number of para-hydroxylation sites is 1. The summed E-state index contributed by atoms with van der Waals surface area (Å²) in [5, 5.41) is 3.34. The Kier molecular flexibility index (Phi) is 1.91. The lowest BCUT2D eigenvalue weighted by molar-refractivity contribution is 0.245. The molecule has 78 valence electrons. The molecule has 3 rings (SSSR count). The van der Waals surface area contributed by atoms with Crippen LogP contribution in [0.25, 0.3) is 0 Å². The number of aliphatic imine (C=N–C) groups is 1. The summed E-state index contributed by atoms with van der Waals surface area (Å²) in [5.41, 5.74) is 1.26. The van der Waals surface area contributed by atoms with Crippen LogP contribution in [0.15, 0.2) is 29.3 Å². The third kappa shape index (κ3) is 1.30. The average Bonchev–Trinajstić information content (AvgIpc) is 2.82. The first kappa shape index (κ1) is 8.77. The fourth-order valence-electron chi connectivity index (χ4n) is 2.36. The molecule has 1 N–H and O–H groups in total. The van der Waals surface area contributed by atoms with Crippen LogP contribution in [0.1, 0.15) is 18.4 Å². The van der Waals surface area contributed by atoms with E-state index in [0.717, 1.165) is 24.7 Å². The Morgan fingerprint density at radius 2 is 2.27 bits per heavy atom. The van der Waals surface area contributed by atoms with Crippen LogP contribution in [0.3, 0.4) is 0 Å². The minimum atomic E-state index is 0.187. The predicted octanol–water partition coefficient (Wildman–Crippen LogP) is 1.55. The van der Waals surface area contributed by atoms with Crippen LogP contribution in [0.2, 0.25) is 0 Å². The molecule has 0 radical (unpaired) electrons. The van der Waals surface area contributed by atoms with Gasteiger partial charge in [0.15, 0.2) is 0 Å². The Labute approximate surface area is 89.2 Å². The van der Waals surface area contributed by atoms with Crippen molar-refractivity contribution >= 4 is 5.84 Å². The van der Waals surface area contributed by atoms with Gasteiger partial charge in [-0.25, -0.2) is 0 Å². The molecule has 2 unspecified atom stereocenters. The highest BCUT2D eigenvalue weighted by molar-refractivity contribution is 5.92. The summed E-state index contributed by atoms with van der Waals surface area (Å²) in [7, 11) is 0. The molecule has 2 heterocycles. The SMILES string of the molecule is CC1Oc2ccccc2C1C1=NCCN1. The van der Waals surface area contributed by atoms with E-state index in [1.165, 1.54) is 5.56 Å². The second-order valence-electron chi connectivity index (χ2n) is 4.03. The van der Waals surface area contributed by atoms with E-state index in [-0.39, 0.29) is 6.10 Å². The standard InChI is InChI=1S/C12H14N2O/c1-8-11(12-13-6-7-14-12)9-4-2-3-5-10(9)15-8/h2-5,8,11H,6-7H2,1H3,(H,13,14). The first-order valence-electron chi connectivity index (χ1n) is 5.40. The van der Waals surface area contributed by atoms with Crippen molar-refractivity contribution in [3.8, 4) is 5.75 Å². The molecule has 2 atom stereocenters. The number of rotatable bonds is 1. The number of hydrogen-bond donors (Lipinski definition) is 1. The minimum Gasteiger partial charge on any atom is -0.489 e. The maximum Gasteiger partial charge on any atom is 0.123 e. The summed E-state index contributed by atoms with van der Waals surface area (Å²) in [6, 6.07) is 8.23. The molecular weight excluding hydrogens is 188 g/mol. The maximum atomic E-state index is 5.81. The molecule has 2 aliphatic heterocycles. The van der Waals surface area contributed by atoms with Crippen molar-refractivity contribution in [3.05, 3.63) is 29.8 Å². The zero-order chi connectivity index (χ0) is 10.3. The second-order valence-corrected chi connectivity index (χ2v) is 4.03. The van der Waals surface area contributed by atoms with Crippen LogP contribution in [0.4, 0.5) is 0 Å². The summed E-state index contributed by atoms with van der Waals surface area (Å²) in [4.78, 5) is 4.49. The Bertz CT molecular complexity index is 414. The molecule has 0 aliphatic carbocycles. The predicted molar refractivity (Wildman–Crippen MR) is 59.6 cm³/mol. The number of amidine groups is 1. The van der Waals surface area contributed by atoms with Crippen molar-refractivity contribution in [2.75, 3.05) is 13.1 Å². The van der Waals surface area contributed by atoms with Gasteiger partial charge in [0.25, 0.3) is 0 Å². The monoisotopic (exact) mass is 202 g/mol. The average molecular weight is 202 g/mol. The van der Waals surface area contributed by atoms with Gasteiger partial charge in [-0.05, 0) is 13.0 Å². The van der Waals surface area contributed by atoms with Gasteiger partial charge < -0.3 is 10.1 Å². The minimum absolute atomic E-state index is 0.187. The fraction of sp³-hybridized carbons (Fsp3) is 0.417. The lowest BCUT2D eigenvalue weighted by Gasteiger charge is -2.15. The van der Waals surface area contributed by atoms with Crippen molar-refractivity contribution < 1.29 is 4.74 Å². The third-order valence-corrected chi connectivity index (χ3v) is 3.03. The summed E-state index contributed by atoms with van der Waals surface area (Å²) in [6.45, 7) is 3.95. The number of benzene rings is 1. The molecular formula is C12H14N2O. The highest BCUT2D eigenvalue weighted by atomic mass is 16.5. The number of ether oxygens (including phenoxy) is 1. The van der Waals surface area contributed by atoms with E-state index < -0.39 is 0 Å². The molecule has 15 heavy (non-hydrogen) atoms. The van der Waals surface area contributed by atoms with Crippen molar-refractivity contribution in [1.29, 1.82) is 0 Å². The van der Waals surface area contributed by atoms with Crippen molar-refractivity contribution in [2.24, 2.45) is 4.99 Å². The third-order valence-electron chi connectivity index (χ3n) is 3.03. The highest BCUT2D eigenvalue weighted by Crippen LogP contribution is 2.38. The van der Waals surface area contributed by atoms with Gasteiger partial charge in [-0.1, -0.05) is 18.2 Å². The number of hydrogen-bond acceptors (Lipinski definition) is 3. The Morgan fingerprint density at radius 1 is 1.40 bits per heavy atom. The van der Waals surface area contributed by atoms with Crippen molar-refractivity contribution in [2.45, 2.75) is 18.9 Å². The molecule has 0 saturated carbocycles. The lowest BCUT2D eigenvalue weighted by Crippen LogP contribution is -2.30. The van der Waals surface area contributed by atoms with E-state index in [0.29, 0.717) is 5.92 Å². The van der Waals surface area contributed by atoms with E-state index in [1.54, 1.807) is 0 Å². The van der Waals surface area contributed by atoms with Crippen LogP contribution in [-0.4, -0.2) is 25.0 Å². The van der Waals surface area contributed by atoms with E-state index >= 15 is 0 Å². The summed E-state index contributed by atoms with van der Waals surface area (Å²) < 4.78 is 5.81. The van der Waals surface area contributed by atoms with Gasteiger partial charge in [-0.2, -0.15) is 0 Å². The van der Waals surface area contributed by atoms with E-state index in [4.69, 9.17) is 4.74 Å². The van der Waals surface area contributed by atoms with Crippen LogP contribution >= 0.6 is 0 Å². The van der Waals surface area contributed by atoms with Gasteiger partial charge in [0, 0.05) is 12.1 Å². The molecule has 3 nitrogen and oxygen atoms in total. The highest BCUT2D eigenvalue weighted by Gasteiger charge is 2.35. The molecule has 0 amide bonds. The zero-order valence-corrected chi connectivity index (χ0v) is 8.73. The largest absolute Gasteiger partial charge is 0.489 e. The maximum absolute atomic E-state index is 5.81. The Hall–Kier alpha value is -1.51. The van der Waals surface area contributed by atoms with E-state index in [9.17, 15) is 0 Å². The topological polar surface area (TPSA) is 33.6 Å². The molecule has 0 fully saturated rings. The molecule has 3 heteroatoms. The molecule has 1 aromatic carbocycles. The summed E-state index contributed by atoms with van der Waals surface area (Å²) >= 11 is 0. The Balaban J connectivity index is 2.02. The first-order valence-corrected chi connectivity index (χ1v) is 5.40. The number of fused-ring (bicyclic) bond motifs is 1. The van der Waals surface area contributed by atoms with Crippen LogP contribution < -0.4 is 10.1 Å². The Morgan fingerprint density at radius 3 is 3.07 bits per heavy atom. The fourth-order valence-corrected chi connectivity index (χ4v) is 2.36. The summed E-state index contributed by atoms with van der Waals surface area (Å²) in [5.74, 6) is 2.39. The molecule has 0 saturated heterocycles. The normalized spacial score (nSPS) is 27.9. The summed E-state index contributed by atoms with van der Waals surface area (Å²) in [6.07, 6.45) is 0.187. The number of nitrogens with one attached hydrogen (secondary N) is 1. The van der Waals surface area contributed by atoms with Gasteiger partial charge in [0.1, 0.15) is 17.7 Å². The molecule has 1 aromatic rings. The van der Waals surface area contributed by atoms with Gasteiger partial charge >= 0.3 is 0 Å². The zero-order valence-electron chi connectivity index (χ0n) is 8.73. The van der Waals surface area contributed by atoms with Crippen LogP contribution in [0, 0.1) is 0 Å². The van der Waals surface area contributed by atoms with Gasteiger partial charge in [-0.15, -0.1) is 0 Å². The lowest BCUT2D eigenvalue weighted by atomic mass is 9.95. The number of nitrogens with zero attached hydrogens (tertiary/aromatic N) is 1. The van der Waals surface area contributed by atoms with Crippen LogP contribution in [-0.2, 0) is 0 Å². The smallest absolute Gasteiger partial charge is 0.123 e. The van der Waals surface area contributed by atoms with Gasteiger partial charge in [0.2, 0.25) is 0 Å². The van der Waals surface area contributed by atoms with E-state index in [1.807, 2.05) is 12.1 Å². The molecule has 0 aromatic heterocycles. The van der Waals surface area contributed by atoms with E-state index in [2.05, 4.69) is 29.4 Å². The van der Waals surface area contributed by atoms with Gasteiger partial charge in [0.05, 0.1) is 12.5 Å². The second kappa shape index (κ2) is 3.26.